The lowest BCUT2D eigenvalue weighted by atomic mass is 10.1. The number of hydrogen-bond acceptors (Lipinski definition) is 6. The highest BCUT2D eigenvalue weighted by Gasteiger charge is 2.32. The largest absolute Gasteiger partial charge is 0.351 e. The molecule has 1 aromatic carbocycles. The zero-order valence-electron chi connectivity index (χ0n) is 15.6. The molecular formula is C19H24N4O3S. The number of nitrogens with zero attached hydrogens (tertiary/aromatic N) is 3. The molecule has 0 spiro atoms. The highest BCUT2D eigenvalue weighted by atomic mass is 32.2. The van der Waals surface area contributed by atoms with Gasteiger partial charge in [-0.05, 0) is 43.5 Å². The average Bonchev–Trinajstić information content (AvgIpc) is 2.99. The van der Waals surface area contributed by atoms with Gasteiger partial charge in [-0.2, -0.15) is 0 Å². The van der Waals surface area contributed by atoms with Crippen LogP contribution in [0.2, 0.25) is 0 Å². The standard InChI is InChI=1S/C19H24N4O3S/c1-3-23(16-10-11-27(25,26)13-16)18-9-8-17(21-22-18)20-19(24)12-15-7-5-4-6-14(15)2/h4-9,16H,3,10-13H2,1-2H3,(H,20,21,24). The Morgan fingerprint density at radius 1 is 1.22 bits per heavy atom. The Morgan fingerprint density at radius 3 is 2.59 bits per heavy atom. The molecule has 0 radical (unpaired) electrons. The van der Waals surface area contributed by atoms with Gasteiger partial charge in [0.15, 0.2) is 21.5 Å². The second-order valence-corrected chi connectivity index (χ2v) is 9.00. The summed E-state index contributed by atoms with van der Waals surface area (Å²) >= 11 is 0. The van der Waals surface area contributed by atoms with E-state index in [1.165, 1.54) is 0 Å². The molecule has 1 amide bonds. The molecule has 1 fully saturated rings. The lowest BCUT2D eigenvalue weighted by Gasteiger charge is -2.27. The molecule has 1 aliphatic heterocycles. The van der Waals surface area contributed by atoms with Gasteiger partial charge in [-0.1, -0.05) is 24.3 Å². The number of nitrogens with one attached hydrogen (secondary N) is 1. The third kappa shape index (κ3) is 4.82. The quantitative estimate of drug-likeness (QED) is 0.813. The Kier molecular flexibility index (Phi) is 5.74. The molecule has 1 atom stereocenters. The number of hydrogen-bond donors (Lipinski definition) is 1. The first-order valence-corrected chi connectivity index (χ1v) is 10.9. The molecule has 8 heteroatoms. The van der Waals surface area contributed by atoms with Crippen molar-refractivity contribution in [2.75, 3.05) is 28.3 Å². The van der Waals surface area contributed by atoms with Gasteiger partial charge in [-0.25, -0.2) is 8.42 Å². The third-order valence-corrected chi connectivity index (χ3v) is 6.56. The number of rotatable bonds is 6. The molecule has 144 valence electrons. The van der Waals surface area contributed by atoms with Crippen LogP contribution in [-0.4, -0.2) is 48.6 Å². The lowest BCUT2D eigenvalue weighted by molar-refractivity contribution is -0.115. The molecule has 7 nitrogen and oxygen atoms in total. The van der Waals surface area contributed by atoms with E-state index in [4.69, 9.17) is 0 Å². The molecule has 2 heterocycles. The zero-order chi connectivity index (χ0) is 19.4. The topological polar surface area (TPSA) is 92.3 Å². The van der Waals surface area contributed by atoms with Crippen LogP contribution in [0.4, 0.5) is 11.6 Å². The highest BCUT2D eigenvalue weighted by Crippen LogP contribution is 2.22. The Morgan fingerprint density at radius 2 is 2.00 bits per heavy atom. The summed E-state index contributed by atoms with van der Waals surface area (Å²) in [5, 5.41) is 11.0. The second-order valence-electron chi connectivity index (χ2n) is 6.77. The summed E-state index contributed by atoms with van der Waals surface area (Å²) in [7, 11) is -2.96. The molecule has 1 saturated heterocycles. The van der Waals surface area contributed by atoms with Crippen LogP contribution in [0.25, 0.3) is 0 Å². The summed E-state index contributed by atoms with van der Waals surface area (Å²) in [5.41, 5.74) is 2.04. The van der Waals surface area contributed by atoms with Crippen LogP contribution >= 0.6 is 0 Å². The summed E-state index contributed by atoms with van der Waals surface area (Å²) in [6, 6.07) is 11.1. The SMILES string of the molecule is CCN(c1ccc(NC(=O)Cc2ccccc2C)nn1)C1CCS(=O)(=O)C1. The molecule has 0 saturated carbocycles. The third-order valence-electron chi connectivity index (χ3n) is 4.81. The van der Waals surface area contributed by atoms with Gasteiger partial charge >= 0.3 is 0 Å². The van der Waals surface area contributed by atoms with Crippen molar-refractivity contribution in [3.8, 4) is 0 Å². The van der Waals surface area contributed by atoms with E-state index in [0.717, 1.165) is 11.1 Å². The molecule has 1 N–H and O–H groups in total. The second kappa shape index (κ2) is 8.04. The van der Waals surface area contributed by atoms with Crippen molar-refractivity contribution in [2.45, 2.75) is 32.7 Å². The van der Waals surface area contributed by atoms with Crippen molar-refractivity contribution in [3.63, 3.8) is 0 Å². The molecular weight excluding hydrogens is 364 g/mol. The van der Waals surface area contributed by atoms with Crippen LogP contribution in [-0.2, 0) is 21.1 Å². The maximum Gasteiger partial charge on any atom is 0.230 e. The minimum Gasteiger partial charge on any atom is -0.351 e. The van der Waals surface area contributed by atoms with E-state index in [1.807, 2.05) is 43.0 Å². The van der Waals surface area contributed by atoms with Gasteiger partial charge in [0.2, 0.25) is 5.91 Å². The fourth-order valence-electron chi connectivity index (χ4n) is 3.34. The van der Waals surface area contributed by atoms with E-state index in [2.05, 4.69) is 15.5 Å². The highest BCUT2D eigenvalue weighted by molar-refractivity contribution is 7.91. The van der Waals surface area contributed by atoms with Crippen LogP contribution in [0.1, 0.15) is 24.5 Å². The summed E-state index contributed by atoms with van der Waals surface area (Å²) in [4.78, 5) is 14.2. The number of aryl methyl sites for hydroxylation is 1. The van der Waals surface area contributed by atoms with Crippen LogP contribution in [0.15, 0.2) is 36.4 Å². The number of amides is 1. The fraction of sp³-hybridized carbons (Fsp3) is 0.421. The van der Waals surface area contributed by atoms with E-state index in [1.54, 1.807) is 12.1 Å². The Balaban J connectivity index is 1.64. The summed E-state index contributed by atoms with van der Waals surface area (Å²) in [6.07, 6.45) is 0.879. The number of benzene rings is 1. The summed E-state index contributed by atoms with van der Waals surface area (Å²) in [5.74, 6) is 1.22. The van der Waals surface area contributed by atoms with Gasteiger partial charge < -0.3 is 10.2 Å². The predicted octanol–water partition coefficient (Wildman–Crippen LogP) is 1.98. The van der Waals surface area contributed by atoms with E-state index in [9.17, 15) is 13.2 Å². The van der Waals surface area contributed by atoms with Crippen LogP contribution in [0.5, 0.6) is 0 Å². The van der Waals surface area contributed by atoms with E-state index < -0.39 is 9.84 Å². The molecule has 3 rings (SSSR count). The minimum atomic E-state index is -2.96. The lowest BCUT2D eigenvalue weighted by Crippen LogP contribution is -2.36. The van der Waals surface area contributed by atoms with Crippen molar-refractivity contribution in [2.24, 2.45) is 0 Å². The van der Waals surface area contributed by atoms with Gasteiger partial charge in [0.25, 0.3) is 0 Å². The first-order chi connectivity index (χ1) is 12.9. The molecule has 27 heavy (non-hydrogen) atoms. The Hall–Kier alpha value is -2.48. The maximum absolute atomic E-state index is 12.2. The van der Waals surface area contributed by atoms with Gasteiger partial charge in [-0.15, -0.1) is 10.2 Å². The average molecular weight is 388 g/mol. The molecule has 1 aromatic heterocycles. The van der Waals surface area contributed by atoms with Crippen molar-refractivity contribution >= 4 is 27.4 Å². The van der Waals surface area contributed by atoms with Crippen LogP contribution < -0.4 is 10.2 Å². The Labute approximate surface area is 159 Å². The molecule has 2 aromatic rings. The summed E-state index contributed by atoms with van der Waals surface area (Å²) in [6.45, 7) is 4.58. The predicted molar refractivity (Wildman–Crippen MR) is 106 cm³/mol. The van der Waals surface area contributed by atoms with Crippen molar-refractivity contribution in [3.05, 3.63) is 47.5 Å². The van der Waals surface area contributed by atoms with Crippen molar-refractivity contribution < 1.29 is 13.2 Å². The van der Waals surface area contributed by atoms with E-state index in [-0.39, 0.29) is 29.9 Å². The molecule has 1 unspecified atom stereocenters. The first kappa shape index (κ1) is 19.3. The van der Waals surface area contributed by atoms with Crippen LogP contribution in [0.3, 0.4) is 0 Å². The Bertz CT molecular complexity index is 913. The minimum absolute atomic E-state index is 0.0733. The van der Waals surface area contributed by atoms with Crippen molar-refractivity contribution in [1.82, 2.24) is 10.2 Å². The zero-order valence-corrected chi connectivity index (χ0v) is 16.4. The van der Waals surface area contributed by atoms with Crippen LogP contribution in [0, 0.1) is 6.92 Å². The van der Waals surface area contributed by atoms with Gasteiger partial charge in [0.1, 0.15) is 0 Å². The smallest absolute Gasteiger partial charge is 0.230 e. The number of aromatic nitrogens is 2. The van der Waals surface area contributed by atoms with Crippen molar-refractivity contribution in [1.29, 1.82) is 0 Å². The number of anilines is 2. The van der Waals surface area contributed by atoms with Gasteiger partial charge in [0, 0.05) is 12.6 Å². The van der Waals surface area contributed by atoms with E-state index in [0.29, 0.717) is 24.6 Å². The number of sulfone groups is 1. The normalized spacial score (nSPS) is 18.2. The number of carbonyl (C=O) groups excluding carboxylic acids is 1. The monoisotopic (exact) mass is 388 g/mol. The number of carbonyl (C=O) groups is 1. The molecule has 0 bridgehead atoms. The first-order valence-electron chi connectivity index (χ1n) is 9.03. The van der Waals surface area contributed by atoms with Gasteiger partial charge in [0.05, 0.1) is 17.9 Å². The summed E-state index contributed by atoms with van der Waals surface area (Å²) < 4.78 is 23.5. The fourth-order valence-corrected chi connectivity index (χ4v) is 5.07. The molecule has 1 aliphatic rings. The molecule has 0 aliphatic carbocycles. The van der Waals surface area contributed by atoms with E-state index >= 15 is 0 Å². The maximum atomic E-state index is 12.2. The van der Waals surface area contributed by atoms with Gasteiger partial charge in [-0.3, -0.25) is 4.79 Å².